The number of fused-ring (bicyclic) bond motifs is 1. The number of primary amides is 1. The van der Waals surface area contributed by atoms with E-state index in [0.717, 1.165) is 0 Å². The molecule has 0 spiro atoms. The van der Waals surface area contributed by atoms with Crippen molar-refractivity contribution in [1.82, 2.24) is 25.1 Å². The van der Waals surface area contributed by atoms with Crippen LogP contribution in [0.2, 0.25) is 0 Å². The Kier molecular flexibility index (Phi) is 8.80. The third kappa shape index (κ3) is 7.26. The van der Waals surface area contributed by atoms with Gasteiger partial charge in [-0.1, -0.05) is 6.07 Å². The second kappa shape index (κ2) is 11.8. The van der Waals surface area contributed by atoms with E-state index in [2.05, 4.69) is 20.4 Å². The highest BCUT2D eigenvalue weighted by molar-refractivity contribution is 5.91. The number of carbonyl (C=O) groups is 2. The third-order valence-corrected chi connectivity index (χ3v) is 7.78. The molecule has 2 amide bonds. The maximum Gasteiger partial charge on any atom is 0.400 e. The average Bonchev–Trinajstić information content (AvgIpc) is 3.51. The first-order chi connectivity index (χ1) is 19.9. The van der Waals surface area contributed by atoms with Gasteiger partial charge < -0.3 is 16.0 Å². The highest BCUT2D eigenvalue weighted by Gasteiger charge is 2.57. The van der Waals surface area contributed by atoms with Crippen LogP contribution in [0.25, 0.3) is 11.0 Å². The number of hydrogen-bond donors (Lipinski definition) is 3. The van der Waals surface area contributed by atoms with Crippen LogP contribution in [0, 0.1) is 11.8 Å². The maximum absolute atomic E-state index is 14.0. The smallest absolute Gasteiger partial charge is 0.364 e. The Hall–Kier alpha value is -3.72. The number of hydrogen-bond acceptors (Lipinski definition) is 4. The minimum absolute atomic E-state index is 0.143. The van der Waals surface area contributed by atoms with E-state index in [9.17, 15) is 44.7 Å². The predicted molar refractivity (Wildman–Crippen MR) is 138 cm³/mol. The van der Waals surface area contributed by atoms with E-state index in [1.54, 1.807) is 13.0 Å². The number of carbonyl (C=O) groups excluding carboxylic acids is 2. The van der Waals surface area contributed by atoms with E-state index >= 15 is 0 Å². The number of nitrogens with two attached hydrogens (primary N) is 1. The molecule has 0 radical (unpaired) electrons. The zero-order valence-corrected chi connectivity index (χ0v) is 23.1. The van der Waals surface area contributed by atoms with Crippen molar-refractivity contribution in [2.45, 2.75) is 82.7 Å². The zero-order chi connectivity index (χ0) is 31.9. The largest absolute Gasteiger partial charge is 0.400 e. The summed E-state index contributed by atoms with van der Waals surface area (Å²) in [6.07, 6.45) is -13.4. The lowest BCUT2D eigenvalue weighted by atomic mass is 9.77. The van der Waals surface area contributed by atoms with Crippen molar-refractivity contribution in [2.24, 2.45) is 17.6 Å². The SMILES string of the molecule is CCn1nc([C@@H](c2nc3ccc([C@@H](C)NC(=O)CC(C(F)(F)F)C(F)(F)F)cc3[nH]2)C2CCC(F)(F)CC2)cc1C(N)=O. The van der Waals surface area contributed by atoms with Crippen LogP contribution in [0.1, 0.15) is 85.5 Å². The highest BCUT2D eigenvalue weighted by atomic mass is 19.4. The Morgan fingerprint density at radius 2 is 1.74 bits per heavy atom. The van der Waals surface area contributed by atoms with Gasteiger partial charge in [-0.05, 0) is 56.4 Å². The molecule has 16 heteroatoms. The first-order valence-corrected chi connectivity index (χ1v) is 13.6. The average molecular weight is 623 g/mol. The quantitative estimate of drug-likeness (QED) is 0.248. The number of amides is 2. The molecule has 236 valence electrons. The molecule has 1 saturated carbocycles. The van der Waals surface area contributed by atoms with E-state index in [0.29, 0.717) is 34.7 Å². The topological polar surface area (TPSA) is 119 Å². The Morgan fingerprint density at radius 3 is 2.28 bits per heavy atom. The number of rotatable bonds is 9. The molecule has 1 aromatic carbocycles. The second-order valence-electron chi connectivity index (χ2n) is 10.8. The Morgan fingerprint density at radius 1 is 1.12 bits per heavy atom. The van der Waals surface area contributed by atoms with Crippen molar-refractivity contribution in [1.29, 1.82) is 0 Å². The third-order valence-electron chi connectivity index (χ3n) is 7.78. The Bertz CT molecular complexity index is 1450. The fourth-order valence-corrected chi connectivity index (χ4v) is 5.48. The van der Waals surface area contributed by atoms with Crippen molar-refractivity contribution in [2.75, 3.05) is 0 Å². The number of halogens is 8. The van der Waals surface area contributed by atoms with E-state index in [1.807, 2.05) is 0 Å². The lowest BCUT2D eigenvalue weighted by Gasteiger charge is -2.32. The molecule has 0 saturated heterocycles. The van der Waals surface area contributed by atoms with Gasteiger partial charge in [-0.2, -0.15) is 31.4 Å². The standard InChI is InChI=1S/C27H30F8N6O2/c1-3-41-19(23(36)43)11-18(40-41)22(14-6-8-25(28,29)9-7-14)24-38-16-5-4-15(10-17(16)39-24)13(2)37-21(42)12-20(26(30,31)32)27(33,34)35/h4-5,10-11,13-14,20,22H,3,6-9,12H2,1-2H3,(H2,36,43)(H,37,42)(H,38,39)/t13-,22+/m1/s1. The fraction of sp³-hybridized carbons (Fsp3) is 0.556. The van der Waals surface area contributed by atoms with E-state index in [1.165, 1.54) is 29.8 Å². The number of alkyl halides is 8. The first-order valence-electron chi connectivity index (χ1n) is 13.6. The number of imidazole rings is 1. The van der Waals surface area contributed by atoms with Gasteiger partial charge in [0.25, 0.3) is 5.91 Å². The summed E-state index contributed by atoms with van der Waals surface area (Å²) >= 11 is 0. The van der Waals surface area contributed by atoms with Gasteiger partial charge in [0.15, 0.2) is 5.92 Å². The number of nitrogens with zero attached hydrogens (tertiary/aromatic N) is 3. The number of nitrogens with one attached hydrogen (secondary N) is 2. The van der Waals surface area contributed by atoms with Crippen LogP contribution < -0.4 is 11.1 Å². The molecule has 0 aliphatic heterocycles. The van der Waals surface area contributed by atoms with Crippen LogP contribution in [-0.4, -0.2) is 49.8 Å². The lowest BCUT2D eigenvalue weighted by Crippen LogP contribution is -2.41. The van der Waals surface area contributed by atoms with Gasteiger partial charge in [0.1, 0.15) is 11.5 Å². The maximum atomic E-state index is 14.0. The summed E-state index contributed by atoms with van der Waals surface area (Å²) in [7, 11) is 0. The molecular formula is C27H30F8N6O2. The summed E-state index contributed by atoms with van der Waals surface area (Å²) in [6, 6.07) is 5.14. The summed E-state index contributed by atoms with van der Waals surface area (Å²) in [5.41, 5.74) is 7.28. The molecule has 4 N–H and O–H groups in total. The number of aryl methyl sites for hydroxylation is 1. The number of benzene rings is 1. The van der Waals surface area contributed by atoms with Gasteiger partial charge in [0, 0.05) is 25.8 Å². The van der Waals surface area contributed by atoms with Crippen molar-refractivity contribution in [3.05, 3.63) is 47.0 Å². The highest BCUT2D eigenvalue weighted by Crippen LogP contribution is 2.45. The van der Waals surface area contributed by atoms with Gasteiger partial charge in [0.05, 0.1) is 28.7 Å². The summed E-state index contributed by atoms with van der Waals surface area (Å²) < 4.78 is 107. The molecular weight excluding hydrogens is 592 g/mol. The minimum Gasteiger partial charge on any atom is -0.364 e. The molecule has 43 heavy (non-hydrogen) atoms. The summed E-state index contributed by atoms with van der Waals surface area (Å²) in [4.78, 5) is 31.9. The van der Waals surface area contributed by atoms with Crippen molar-refractivity contribution in [3.63, 3.8) is 0 Å². The molecule has 1 fully saturated rings. The molecule has 1 aliphatic carbocycles. The molecule has 8 nitrogen and oxygen atoms in total. The lowest BCUT2D eigenvalue weighted by molar-refractivity contribution is -0.284. The zero-order valence-electron chi connectivity index (χ0n) is 23.1. The molecule has 3 aromatic rings. The molecule has 2 heterocycles. The van der Waals surface area contributed by atoms with Crippen molar-refractivity contribution in [3.8, 4) is 0 Å². The Labute approximate surface area is 240 Å². The molecule has 2 atom stereocenters. The number of aromatic amines is 1. The van der Waals surface area contributed by atoms with Gasteiger partial charge in [0.2, 0.25) is 11.8 Å². The van der Waals surface area contributed by atoms with Gasteiger partial charge >= 0.3 is 12.4 Å². The number of H-pyrrole nitrogens is 1. The number of aromatic nitrogens is 4. The molecule has 4 rings (SSSR count). The van der Waals surface area contributed by atoms with Gasteiger partial charge in [-0.3, -0.25) is 14.3 Å². The predicted octanol–water partition coefficient (Wildman–Crippen LogP) is 6.14. The normalized spacial score (nSPS) is 17.7. The summed E-state index contributed by atoms with van der Waals surface area (Å²) in [5, 5.41) is 6.68. The van der Waals surface area contributed by atoms with E-state index in [-0.39, 0.29) is 37.3 Å². The fourth-order valence-electron chi connectivity index (χ4n) is 5.48. The summed E-state index contributed by atoms with van der Waals surface area (Å²) in [6.45, 7) is 3.49. The van der Waals surface area contributed by atoms with E-state index < -0.39 is 54.4 Å². The van der Waals surface area contributed by atoms with Crippen molar-refractivity contribution < 1.29 is 44.7 Å². The van der Waals surface area contributed by atoms with Crippen LogP contribution in [0.4, 0.5) is 35.1 Å². The minimum atomic E-state index is -5.64. The molecule has 1 aliphatic rings. The second-order valence-corrected chi connectivity index (χ2v) is 10.8. The van der Waals surface area contributed by atoms with Crippen LogP contribution in [0.3, 0.4) is 0 Å². The monoisotopic (exact) mass is 622 g/mol. The Balaban J connectivity index is 1.62. The molecule has 2 aromatic heterocycles. The van der Waals surface area contributed by atoms with E-state index in [4.69, 9.17) is 5.73 Å². The van der Waals surface area contributed by atoms with Crippen LogP contribution in [0.5, 0.6) is 0 Å². The van der Waals surface area contributed by atoms with Crippen LogP contribution in [0.15, 0.2) is 24.3 Å². The summed E-state index contributed by atoms with van der Waals surface area (Å²) in [5.74, 6) is -9.29. The first kappa shape index (κ1) is 32.2. The molecule has 0 bridgehead atoms. The van der Waals surface area contributed by atoms with Gasteiger partial charge in [-0.15, -0.1) is 0 Å². The van der Waals surface area contributed by atoms with Crippen molar-refractivity contribution >= 4 is 22.8 Å². The molecule has 0 unspecified atom stereocenters. The van der Waals surface area contributed by atoms with Crippen LogP contribution in [-0.2, 0) is 11.3 Å². The van der Waals surface area contributed by atoms with Gasteiger partial charge in [-0.25, -0.2) is 13.8 Å². The van der Waals surface area contributed by atoms with Crippen LogP contribution >= 0.6 is 0 Å².